The van der Waals surface area contributed by atoms with Crippen LogP contribution in [-0.2, 0) is 0 Å². The van der Waals surface area contributed by atoms with Crippen LogP contribution in [0.15, 0.2) is 18.2 Å². The third-order valence-corrected chi connectivity index (χ3v) is 3.39. The highest BCUT2D eigenvalue weighted by atomic mass is 19.1. The largest absolute Gasteiger partial charge is 0.367 e. The molecule has 0 unspecified atom stereocenters. The van der Waals surface area contributed by atoms with E-state index in [-0.39, 0.29) is 5.69 Å². The summed E-state index contributed by atoms with van der Waals surface area (Å²) >= 11 is 0. The van der Waals surface area contributed by atoms with Crippen molar-refractivity contribution in [2.75, 3.05) is 37.6 Å². The van der Waals surface area contributed by atoms with Gasteiger partial charge >= 0.3 is 0 Å². The van der Waals surface area contributed by atoms with Gasteiger partial charge in [0.1, 0.15) is 0 Å². The van der Waals surface area contributed by atoms with Crippen LogP contribution in [0.5, 0.6) is 0 Å². The molecule has 6 heteroatoms. The number of non-ortho nitro benzene ring substituents is 1. The average Bonchev–Trinajstić information content (AvgIpc) is 2.40. The van der Waals surface area contributed by atoms with Crippen molar-refractivity contribution in [1.82, 2.24) is 4.90 Å². The summed E-state index contributed by atoms with van der Waals surface area (Å²) in [6.45, 7) is 6.54. The van der Waals surface area contributed by atoms with E-state index in [4.69, 9.17) is 0 Å². The van der Waals surface area contributed by atoms with Crippen LogP contribution in [0.25, 0.3) is 0 Å². The molecule has 1 aromatic rings. The second kappa shape index (κ2) is 5.97. The zero-order valence-corrected chi connectivity index (χ0v) is 11.0. The summed E-state index contributed by atoms with van der Waals surface area (Å²) in [5.41, 5.74) is 0.257. The van der Waals surface area contributed by atoms with E-state index in [1.807, 2.05) is 4.90 Å². The highest BCUT2D eigenvalue weighted by Crippen LogP contribution is 2.24. The summed E-state index contributed by atoms with van der Waals surface area (Å²) < 4.78 is 13.9. The first kappa shape index (κ1) is 13.7. The number of halogens is 1. The van der Waals surface area contributed by atoms with Crippen molar-refractivity contribution in [1.29, 1.82) is 0 Å². The molecule has 1 fully saturated rings. The van der Waals surface area contributed by atoms with E-state index in [1.165, 1.54) is 12.1 Å². The van der Waals surface area contributed by atoms with Crippen molar-refractivity contribution in [2.45, 2.75) is 13.3 Å². The molecule has 5 nitrogen and oxygen atoms in total. The van der Waals surface area contributed by atoms with E-state index < -0.39 is 10.7 Å². The number of rotatable bonds is 4. The Hall–Kier alpha value is -1.69. The Kier molecular flexibility index (Phi) is 4.31. The topological polar surface area (TPSA) is 49.6 Å². The molecule has 1 aliphatic rings. The molecule has 0 atom stereocenters. The monoisotopic (exact) mass is 267 g/mol. The molecule has 0 radical (unpaired) electrons. The van der Waals surface area contributed by atoms with E-state index in [9.17, 15) is 14.5 Å². The Bertz CT molecular complexity index is 459. The van der Waals surface area contributed by atoms with Gasteiger partial charge in [0.15, 0.2) is 5.82 Å². The van der Waals surface area contributed by atoms with E-state index >= 15 is 0 Å². The van der Waals surface area contributed by atoms with Gasteiger partial charge in [0.2, 0.25) is 0 Å². The quantitative estimate of drug-likeness (QED) is 0.620. The fraction of sp³-hybridized carbons (Fsp3) is 0.538. The van der Waals surface area contributed by atoms with E-state index in [1.54, 1.807) is 0 Å². The molecular weight excluding hydrogens is 249 g/mol. The van der Waals surface area contributed by atoms with Crippen LogP contribution in [0.2, 0.25) is 0 Å². The van der Waals surface area contributed by atoms with Crippen LogP contribution in [0.1, 0.15) is 13.3 Å². The molecule has 0 bridgehead atoms. The number of anilines is 1. The van der Waals surface area contributed by atoms with Crippen molar-refractivity contribution in [3.63, 3.8) is 0 Å². The number of piperazine rings is 1. The summed E-state index contributed by atoms with van der Waals surface area (Å²) in [5.74, 6) is -0.516. The molecule has 0 aromatic heterocycles. The highest BCUT2D eigenvalue weighted by Gasteiger charge is 2.20. The fourth-order valence-corrected chi connectivity index (χ4v) is 2.39. The molecule has 0 spiro atoms. The lowest BCUT2D eigenvalue weighted by molar-refractivity contribution is -0.385. The van der Waals surface area contributed by atoms with Gasteiger partial charge in [-0.15, -0.1) is 0 Å². The second-order valence-corrected chi connectivity index (χ2v) is 4.72. The lowest BCUT2D eigenvalue weighted by atomic mass is 10.2. The molecule has 0 amide bonds. The standard InChI is InChI=1S/C13H18FN3O2/c1-2-5-15-6-8-16(9-7-15)13-4-3-11(17(18)19)10-12(13)14/h3-4,10H,2,5-9H2,1H3. The first-order valence-electron chi connectivity index (χ1n) is 6.53. The van der Waals surface area contributed by atoms with Crippen LogP contribution in [0, 0.1) is 15.9 Å². The second-order valence-electron chi connectivity index (χ2n) is 4.72. The third kappa shape index (κ3) is 3.20. The SMILES string of the molecule is CCCN1CCN(c2ccc([N+](=O)[O-])cc2F)CC1. The van der Waals surface area contributed by atoms with Gasteiger partial charge in [-0.1, -0.05) is 6.92 Å². The zero-order valence-electron chi connectivity index (χ0n) is 11.0. The van der Waals surface area contributed by atoms with Crippen molar-refractivity contribution in [3.05, 3.63) is 34.1 Å². The minimum atomic E-state index is -0.577. The van der Waals surface area contributed by atoms with Crippen molar-refractivity contribution >= 4 is 11.4 Å². The summed E-state index contributed by atoms with van der Waals surface area (Å²) in [5, 5.41) is 10.6. The van der Waals surface area contributed by atoms with Crippen molar-refractivity contribution in [2.24, 2.45) is 0 Å². The minimum Gasteiger partial charge on any atom is -0.367 e. The van der Waals surface area contributed by atoms with Crippen LogP contribution in [0.3, 0.4) is 0 Å². The van der Waals surface area contributed by atoms with E-state index in [2.05, 4.69) is 11.8 Å². The smallest absolute Gasteiger partial charge is 0.272 e. The van der Waals surface area contributed by atoms with Gasteiger partial charge in [-0.05, 0) is 19.0 Å². The summed E-state index contributed by atoms with van der Waals surface area (Å²) in [6.07, 6.45) is 1.12. The normalized spacial score (nSPS) is 16.6. The Balaban J connectivity index is 2.05. The van der Waals surface area contributed by atoms with Crippen LogP contribution >= 0.6 is 0 Å². The number of nitrogens with zero attached hydrogens (tertiary/aromatic N) is 3. The number of hydrogen-bond acceptors (Lipinski definition) is 4. The predicted molar refractivity (Wildman–Crippen MR) is 72.0 cm³/mol. The maximum absolute atomic E-state index is 13.9. The minimum absolute atomic E-state index is 0.203. The lowest BCUT2D eigenvalue weighted by Gasteiger charge is -2.36. The zero-order chi connectivity index (χ0) is 13.8. The Morgan fingerprint density at radius 1 is 1.32 bits per heavy atom. The van der Waals surface area contributed by atoms with Gasteiger partial charge in [0, 0.05) is 32.2 Å². The van der Waals surface area contributed by atoms with Gasteiger partial charge in [-0.25, -0.2) is 4.39 Å². The van der Waals surface area contributed by atoms with Crippen LogP contribution in [-0.4, -0.2) is 42.5 Å². The molecule has 0 aliphatic carbocycles. The van der Waals surface area contributed by atoms with E-state index in [0.29, 0.717) is 5.69 Å². The number of hydrogen-bond donors (Lipinski definition) is 0. The molecular formula is C13H18FN3O2. The summed E-state index contributed by atoms with van der Waals surface area (Å²) in [4.78, 5) is 14.3. The fourth-order valence-electron chi connectivity index (χ4n) is 2.39. The molecule has 19 heavy (non-hydrogen) atoms. The van der Waals surface area contributed by atoms with Crippen LogP contribution < -0.4 is 4.90 Å². The number of nitro benzene ring substituents is 1. The molecule has 104 valence electrons. The predicted octanol–water partition coefficient (Wildman–Crippen LogP) is 2.27. The molecule has 0 N–H and O–H groups in total. The van der Waals surface area contributed by atoms with Gasteiger partial charge in [-0.2, -0.15) is 0 Å². The Morgan fingerprint density at radius 2 is 2.00 bits per heavy atom. The third-order valence-electron chi connectivity index (χ3n) is 3.39. The number of benzene rings is 1. The van der Waals surface area contributed by atoms with E-state index in [0.717, 1.165) is 45.2 Å². The van der Waals surface area contributed by atoms with Gasteiger partial charge in [0.25, 0.3) is 5.69 Å². The first-order chi connectivity index (χ1) is 9.11. The molecule has 1 saturated heterocycles. The summed E-state index contributed by atoms with van der Waals surface area (Å²) in [7, 11) is 0. The maximum atomic E-state index is 13.9. The van der Waals surface area contributed by atoms with Crippen LogP contribution in [0.4, 0.5) is 15.8 Å². The van der Waals surface area contributed by atoms with Crippen molar-refractivity contribution in [3.8, 4) is 0 Å². The summed E-state index contributed by atoms with van der Waals surface area (Å²) in [6, 6.07) is 3.85. The van der Waals surface area contributed by atoms with Crippen molar-refractivity contribution < 1.29 is 9.31 Å². The lowest BCUT2D eigenvalue weighted by Crippen LogP contribution is -2.46. The molecule has 0 saturated carbocycles. The van der Waals surface area contributed by atoms with Gasteiger partial charge in [-0.3, -0.25) is 15.0 Å². The molecule has 1 aliphatic heterocycles. The maximum Gasteiger partial charge on any atom is 0.272 e. The molecule has 1 aromatic carbocycles. The van der Waals surface area contributed by atoms with Gasteiger partial charge in [0.05, 0.1) is 16.7 Å². The highest BCUT2D eigenvalue weighted by molar-refractivity contribution is 5.52. The first-order valence-corrected chi connectivity index (χ1v) is 6.53. The van der Waals surface area contributed by atoms with Gasteiger partial charge < -0.3 is 4.90 Å². The Morgan fingerprint density at radius 3 is 2.53 bits per heavy atom. The number of nitro groups is 1. The Labute approximate surface area is 111 Å². The molecule has 2 rings (SSSR count). The average molecular weight is 267 g/mol. The molecule has 1 heterocycles.